The lowest BCUT2D eigenvalue weighted by molar-refractivity contribution is 0.0240. The molecule has 1 fully saturated rings. The van der Waals surface area contributed by atoms with Crippen molar-refractivity contribution in [3.8, 4) is 0 Å². The maximum atomic E-state index is 12.3. The quantitative estimate of drug-likeness (QED) is 0.625. The molecule has 1 aliphatic heterocycles. The first-order chi connectivity index (χ1) is 13.2. The minimum absolute atomic E-state index is 0.235. The number of amides is 1. The molecule has 6 heteroatoms. The Labute approximate surface area is 176 Å². The zero-order valence-corrected chi connectivity index (χ0v) is 18.4. The van der Waals surface area contributed by atoms with Crippen LogP contribution in [0.5, 0.6) is 0 Å². The van der Waals surface area contributed by atoms with Gasteiger partial charge in [-0.2, -0.15) is 0 Å². The number of halogens is 1. The second-order valence-corrected chi connectivity index (χ2v) is 9.45. The molecule has 3 rings (SSSR count). The van der Waals surface area contributed by atoms with Gasteiger partial charge in [0, 0.05) is 36.0 Å². The molecule has 0 unspecified atom stereocenters. The van der Waals surface area contributed by atoms with E-state index in [1.54, 1.807) is 16.7 Å². The maximum Gasteiger partial charge on any atom is 0.410 e. The summed E-state index contributed by atoms with van der Waals surface area (Å²) >= 11 is 8.11. The summed E-state index contributed by atoms with van der Waals surface area (Å²) in [6, 6.07) is 14.5. The van der Waals surface area contributed by atoms with Gasteiger partial charge in [-0.25, -0.2) is 4.79 Å². The van der Waals surface area contributed by atoms with E-state index in [4.69, 9.17) is 16.3 Å². The Balaban J connectivity index is 1.69. The molecule has 28 heavy (non-hydrogen) atoms. The lowest BCUT2D eigenvalue weighted by Gasteiger charge is -2.37. The Hall–Kier alpha value is -1.85. The predicted octanol–water partition coefficient (Wildman–Crippen LogP) is 5.86. The molecule has 2 aromatic rings. The average Bonchev–Trinajstić information content (AvgIpc) is 2.63. The van der Waals surface area contributed by atoms with E-state index in [0.717, 1.165) is 28.6 Å². The number of aryl methyl sites for hydroxylation is 1. The van der Waals surface area contributed by atoms with Gasteiger partial charge < -0.3 is 14.5 Å². The number of carbonyl (C=O) groups is 1. The van der Waals surface area contributed by atoms with Crippen LogP contribution in [0.1, 0.15) is 26.3 Å². The van der Waals surface area contributed by atoms with E-state index in [2.05, 4.69) is 35.2 Å². The zero-order valence-electron chi connectivity index (χ0n) is 16.9. The number of benzene rings is 2. The number of ether oxygens (including phenoxy) is 1. The van der Waals surface area contributed by atoms with Crippen LogP contribution in [0.25, 0.3) is 0 Å². The van der Waals surface area contributed by atoms with E-state index >= 15 is 0 Å². The van der Waals surface area contributed by atoms with E-state index < -0.39 is 5.60 Å². The smallest absolute Gasteiger partial charge is 0.410 e. The Bertz CT molecular complexity index is 843. The van der Waals surface area contributed by atoms with Crippen LogP contribution in [-0.4, -0.2) is 42.8 Å². The highest BCUT2D eigenvalue weighted by molar-refractivity contribution is 7.99. The molecule has 1 heterocycles. The third-order valence-electron chi connectivity index (χ3n) is 4.44. The van der Waals surface area contributed by atoms with Gasteiger partial charge in [0.2, 0.25) is 0 Å². The molecule has 4 nitrogen and oxygen atoms in total. The van der Waals surface area contributed by atoms with Crippen LogP contribution in [0.15, 0.2) is 52.3 Å². The lowest BCUT2D eigenvalue weighted by Crippen LogP contribution is -2.50. The first kappa shape index (κ1) is 20.9. The Morgan fingerprint density at radius 1 is 1.04 bits per heavy atom. The molecule has 0 aliphatic carbocycles. The van der Waals surface area contributed by atoms with Crippen LogP contribution in [0.4, 0.5) is 10.5 Å². The first-order valence-corrected chi connectivity index (χ1v) is 10.7. The van der Waals surface area contributed by atoms with Gasteiger partial charge in [-0.3, -0.25) is 0 Å². The highest BCUT2D eigenvalue weighted by Crippen LogP contribution is 2.39. The number of para-hydroxylation sites is 1. The second kappa shape index (κ2) is 8.66. The van der Waals surface area contributed by atoms with Gasteiger partial charge in [0.1, 0.15) is 5.60 Å². The summed E-state index contributed by atoms with van der Waals surface area (Å²) in [5, 5.41) is 0.773. The summed E-state index contributed by atoms with van der Waals surface area (Å²) in [6.45, 7) is 10.6. The molecule has 0 atom stereocenters. The minimum Gasteiger partial charge on any atom is -0.444 e. The van der Waals surface area contributed by atoms with E-state index in [-0.39, 0.29) is 6.09 Å². The van der Waals surface area contributed by atoms with Gasteiger partial charge in [-0.15, -0.1) is 0 Å². The molecular formula is C22H27ClN2O2S. The van der Waals surface area contributed by atoms with Gasteiger partial charge in [0.15, 0.2) is 0 Å². The van der Waals surface area contributed by atoms with Crippen LogP contribution in [0.2, 0.25) is 5.02 Å². The third-order valence-corrected chi connectivity index (χ3v) is 6.01. The number of nitrogens with zero attached hydrogens (tertiary/aromatic N) is 2. The van der Waals surface area contributed by atoms with E-state index in [1.807, 2.05) is 39.8 Å². The van der Waals surface area contributed by atoms with Gasteiger partial charge in [-0.05, 0) is 57.5 Å². The van der Waals surface area contributed by atoms with Crippen molar-refractivity contribution in [2.45, 2.75) is 43.1 Å². The van der Waals surface area contributed by atoms with Crippen LogP contribution in [0.3, 0.4) is 0 Å². The van der Waals surface area contributed by atoms with Crippen molar-refractivity contribution in [3.63, 3.8) is 0 Å². The van der Waals surface area contributed by atoms with Crippen molar-refractivity contribution in [1.82, 2.24) is 4.90 Å². The molecule has 0 aromatic heterocycles. The summed E-state index contributed by atoms with van der Waals surface area (Å²) in [5.74, 6) is 0. The van der Waals surface area contributed by atoms with Gasteiger partial charge in [0.25, 0.3) is 0 Å². The predicted molar refractivity (Wildman–Crippen MR) is 117 cm³/mol. The van der Waals surface area contributed by atoms with E-state index in [0.29, 0.717) is 13.1 Å². The summed E-state index contributed by atoms with van der Waals surface area (Å²) < 4.78 is 5.49. The maximum absolute atomic E-state index is 12.3. The summed E-state index contributed by atoms with van der Waals surface area (Å²) in [4.78, 5) is 18.6. The summed E-state index contributed by atoms with van der Waals surface area (Å²) in [5.41, 5.74) is 1.86. The van der Waals surface area contributed by atoms with Crippen molar-refractivity contribution in [3.05, 3.63) is 53.1 Å². The molecule has 0 radical (unpaired) electrons. The summed E-state index contributed by atoms with van der Waals surface area (Å²) in [7, 11) is 0. The van der Waals surface area contributed by atoms with Crippen molar-refractivity contribution < 1.29 is 9.53 Å². The van der Waals surface area contributed by atoms with Crippen molar-refractivity contribution in [2.24, 2.45) is 0 Å². The lowest BCUT2D eigenvalue weighted by atomic mass is 10.2. The van der Waals surface area contributed by atoms with E-state index in [1.165, 1.54) is 10.6 Å². The molecular weight excluding hydrogens is 392 g/mol. The molecule has 2 aromatic carbocycles. The van der Waals surface area contributed by atoms with Crippen LogP contribution in [-0.2, 0) is 4.74 Å². The highest BCUT2D eigenvalue weighted by Gasteiger charge is 2.26. The van der Waals surface area contributed by atoms with Crippen molar-refractivity contribution in [1.29, 1.82) is 0 Å². The molecule has 1 saturated heterocycles. The molecule has 0 saturated carbocycles. The Morgan fingerprint density at radius 3 is 2.36 bits per heavy atom. The number of hydrogen-bond donors (Lipinski definition) is 0. The second-order valence-electron chi connectivity index (χ2n) is 7.96. The van der Waals surface area contributed by atoms with Crippen LogP contribution in [0, 0.1) is 6.92 Å². The topological polar surface area (TPSA) is 32.8 Å². The third kappa shape index (κ3) is 5.36. The fourth-order valence-corrected chi connectivity index (χ4v) is 4.40. The van der Waals surface area contributed by atoms with Gasteiger partial charge in [0.05, 0.1) is 10.7 Å². The van der Waals surface area contributed by atoms with Crippen molar-refractivity contribution in [2.75, 3.05) is 31.1 Å². The summed E-state index contributed by atoms with van der Waals surface area (Å²) in [6.07, 6.45) is -0.235. The normalized spacial score (nSPS) is 14.9. The van der Waals surface area contributed by atoms with Crippen molar-refractivity contribution >= 4 is 35.1 Å². The number of piperazine rings is 1. The number of rotatable bonds is 3. The Kier molecular flexibility index (Phi) is 6.46. The Morgan fingerprint density at radius 2 is 1.71 bits per heavy atom. The minimum atomic E-state index is -0.467. The highest BCUT2D eigenvalue weighted by atomic mass is 35.5. The fraction of sp³-hybridized carbons (Fsp3) is 0.409. The monoisotopic (exact) mass is 418 g/mol. The van der Waals surface area contributed by atoms with Crippen LogP contribution >= 0.6 is 23.4 Å². The molecule has 0 bridgehead atoms. The SMILES string of the molecule is Cc1ccc(Sc2ccccc2N2CCN(C(=O)OC(C)(C)C)CC2)c(Cl)c1. The first-order valence-electron chi connectivity index (χ1n) is 9.49. The molecule has 1 aliphatic rings. The molecule has 0 spiro atoms. The molecule has 0 N–H and O–H groups in total. The van der Waals surface area contributed by atoms with E-state index in [9.17, 15) is 4.79 Å². The fourth-order valence-electron chi connectivity index (χ4n) is 3.07. The van der Waals surface area contributed by atoms with Gasteiger partial charge in [-0.1, -0.05) is 41.6 Å². The molecule has 1 amide bonds. The largest absolute Gasteiger partial charge is 0.444 e. The van der Waals surface area contributed by atoms with Gasteiger partial charge >= 0.3 is 6.09 Å². The average molecular weight is 419 g/mol. The molecule has 150 valence electrons. The zero-order chi connectivity index (χ0) is 20.3. The number of anilines is 1. The van der Waals surface area contributed by atoms with Crippen LogP contribution < -0.4 is 4.90 Å². The standard InChI is InChI=1S/C22H27ClN2O2S/c1-16-9-10-19(17(23)15-16)28-20-8-6-5-7-18(20)24-11-13-25(14-12-24)21(26)27-22(2,3)4/h5-10,15H,11-14H2,1-4H3. The number of hydrogen-bond acceptors (Lipinski definition) is 4. The number of carbonyl (C=O) groups excluding carboxylic acids is 1.